The predicted molar refractivity (Wildman–Crippen MR) is 158 cm³/mol. The SMILES string of the molecule is CCC1=C(C)C=[C]([Zr]([CH3])([CH3])(=[C](c2ccccc2)c2ccccc2)[c]2cccc3c2Cc2ccccc2-3)C1. The molecule has 0 aromatic heterocycles. The van der Waals surface area contributed by atoms with Crippen molar-refractivity contribution >= 4 is 6.48 Å². The molecule has 0 spiro atoms. The maximum atomic E-state index is 2.72. The van der Waals surface area contributed by atoms with Gasteiger partial charge in [-0.05, 0) is 0 Å². The van der Waals surface area contributed by atoms with Gasteiger partial charge in [-0.1, -0.05) is 0 Å². The fraction of sp³-hybridized carbons (Fsp3) is 0.194. The van der Waals surface area contributed by atoms with Gasteiger partial charge in [0.1, 0.15) is 0 Å². The molecule has 2 aliphatic rings. The van der Waals surface area contributed by atoms with Crippen LogP contribution in [0.2, 0.25) is 9.26 Å². The van der Waals surface area contributed by atoms with E-state index in [-0.39, 0.29) is 0 Å². The first-order valence-electron chi connectivity index (χ1n) is 13.7. The Balaban J connectivity index is 1.78. The van der Waals surface area contributed by atoms with E-state index >= 15 is 0 Å². The Morgan fingerprint density at radius 1 is 0.676 bits per heavy atom. The molecule has 1 heteroatoms. The van der Waals surface area contributed by atoms with Crippen LogP contribution in [0, 0.1) is 0 Å². The van der Waals surface area contributed by atoms with Gasteiger partial charge in [-0.15, -0.1) is 0 Å². The van der Waals surface area contributed by atoms with Crippen LogP contribution in [0.3, 0.4) is 0 Å². The number of benzene rings is 4. The first-order valence-corrected chi connectivity index (χ1v) is 22.3. The van der Waals surface area contributed by atoms with Crippen LogP contribution >= 0.6 is 0 Å². The number of hydrogen-bond acceptors (Lipinski definition) is 0. The minimum atomic E-state index is -4.16. The van der Waals surface area contributed by atoms with Crippen LogP contribution < -0.4 is 3.27 Å². The number of allylic oxidation sites excluding steroid dienone is 4. The van der Waals surface area contributed by atoms with E-state index in [1.807, 2.05) is 0 Å². The van der Waals surface area contributed by atoms with Crippen LogP contribution in [0.1, 0.15) is 48.9 Å². The molecule has 0 saturated carbocycles. The fourth-order valence-electron chi connectivity index (χ4n) is 7.24. The molecular weight excluding hydrogens is 524 g/mol. The van der Waals surface area contributed by atoms with Crippen LogP contribution in [0.25, 0.3) is 11.1 Å². The first kappa shape index (κ1) is 24.4. The van der Waals surface area contributed by atoms with Gasteiger partial charge in [0.25, 0.3) is 0 Å². The van der Waals surface area contributed by atoms with Crippen LogP contribution in [0.4, 0.5) is 0 Å². The Kier molecular flexibility index (Phi) is 6.04. The predicted octanol–water partition coefficient (Wildman–Crippen LogP) is 8.95. The molecule has 0 bridgehead atoms. The maximum absolute atomic E-state index is 4.16. The molecule has 0 heterocycles. The van der Waals surface area contributed by atoms with Crippen molar-refractivity contribution in [2.24, 2.45) is 0 Å². The fourth-order valence-corrected chi connectivity index (χ4v) is 22.3. The van der Waals surface area contributed by atoms with E-state index in [2.05, 4.69) is 132 Å². The minimum absolute atomic E-state index is 1.03. The number of fused-ring (bicyclic) bond motifs is 3. The summed E-state index contributed by atoms with van der Waals surface area (Å²) >= 11 is -4.16. The zero-order valence-electron chi connectivity index (χ0n) is 22.5. The normalized spacial score (nSPS) is 14.9. The van der Waals surface area contributed by atoms with Crippen LogP contribution in [-0.4, -0.2) is 3.21 Å². The second kappa shape index (κ2) is 9.14. The molecule has 0 radical (unpaired) electrons. The van der Waals surface area contributed by atoms with Crippen LogP contribution in [0.5, 0.6) is 0 Å². The Morgan fingerprint density at radius 3 is 1.89 bits per heavy atom. The molecule has 37 heavy (non-hydrogen) atoms. The van der Waals surface area contributed by atoms with E-state index in [9.17, 15) is 0 Å². The summed E-state index contributed by atoms with van der Waals surface area (Å²) in [6, 6.07) is 38.7. The number of hydrogen-bond donors (Lipinski definition) is 0. The zero-order valence-corrected chi connectivity index (χ0v) is 25.0. The second-order valence-corrected chi connectivity index (χ2v) is 27.4. The Morgan fingerprint density at radius 2 is 1.27 bits per heavy atom. The van der Waals surface area contributed by atoms with Crippen molar-refractivity contribution < 1.29 is 18.3 Å². The third-order valence-corrected chi connectivity index (χ3v) is 25.0. The third-order valence-electron chi connectivity index (χ3n) is 9.28. The molecule has 0 fully saturated rings. The zero-order chi connectivity index (χ0) is 25.6. The Labute approximate surface area is 223 Å². The van der Waals surface area contributed by atoms with Crippen molar-refractivity contribution in [3.8, 4) is 11.1 Å². The molecule has 0 N–H and O–H groups in total. The summed E-state index contributed by atoms with van der Waals surface area (Å²) in [5.41, 5.74) is 11.7. The standard InChI is InChI=1S/C13H9.C13H10.C8H11.2CH3.Zr/c1-3-7-12-10(5-1)9-11-6-2-4-8-13(11)12;1-3-7-12(8-4-1)11-13-9-5-2-6-10-13;1-3-8-6-4-5-7(8)2;;;/h1-5,7-8H,9H2;1-10H;5H,3,6H2,1-2H3;2*1H3;. The number of rotatable bonds is 5. The van der Waals surface area contributed by atoms with E-state index in [1.54, 1.807) is 20.9 Å². The quantitative estimate of drug-likeness (QED) is 0.202. The molecule has 0 saturated heterocycles. The van der Waals surface area contributed by atoms with Crippen molar-refractivity contribution in [1.82, 2.24) is 0 Å². The van der Waals surface area contributed by atoms with Crippen molar-refractivity contribution in [2.75, 3.05) is 0 Å². The summed E-state index contributed by atoms with van der Waals surface area (Å²) in [4.78, 5) is 0. The Hall–Kier alpha value is -2.89. The van der Waals surface area contributed by atoms with Gasteiger partial charge >= 0.3 is 224 Å². The van der Waals surface area contributed by atoms with Crippen LogP contribution in [0.15, 0.2) is 124 Å². The third kappa shape index (κ3) is 3.78. The molecule has 0 atom stereocenters. The summed E-state index contributed by atoms with van der Waals surface area (Å²) in [5, 5.41) is 0. The van der Waals surface area contributed by atoms with Gasteiger partial charge in [-0.3, -0.25) is 0 Å². The van der Waals surface area contributed by atoms with E-state index in [1.165, 1.54) is 33.4 Å². The summed E-state index contributed by atoms with van der Waals surface area (Å²) in [6.45, 7) is 4.65. The summed E-state index contributed by atoms with van der Waals surface area (Å²) in [5.74, 6) is 0. The van der Waals surface area contributed by atoms with E-state index in [4.69, 9.17) is 0 Å². The molecule has 0 nitrogen and oxygen atoms in total. The second-order valence-electron chi connectivity index (χ2n) is 11.6. The van der Waals surface area contributed by atoms with Gasteiger partial charge in [0.2, 0.25) is 0 Å². The van der Waals surface area contributed by atoms with Crippen molar-refractivity contribution in [3.05, 3.63) is 146 Å². The van der Waals surface area contributed by atoms with Gasteiger partial charge in [0.05, 0.1) is 0 Å². The topological polar surface area (TPSA) is 0 Å². The molecule has 184 valence electrons. The summed E-state index contributed by atoms with van der Waals surface area (Å²) in [7, 11) is 0. The molecule has 0 unspecified atom stereocenters. The molecular formula is C36H36Zr. The van der Waals surface area contributed by atoms with E-state index < -0.39 is 18.3 Å². The molecule has 2 aliphatic carbocycles. The van der Waals surface area contributed by atoms with Gasteiger partial charge < -0.3 is 0 Å². The van der Waals surface area contributed by atoms with Crippen molar-refractivity contribution in [3.63, 3.8) is 0 Å². The van der Waals surface area contributed by atoms with Gasteiger partial charge in [-0.2, -0.15) is 0 Å². The monoisotopic (exact) mass is 558 g/mol. The molecule has 4 aromatic rings. The van der Waals surface area contributed by atoms with Crippen LogP contribution in [-0.2, 0) is 24.7 Å². The first-order chi connectivity index (χ1) is 17.9. The molecule has 0 amide bonds. The van der Waals surface area contributed by atoms with E-state index in [0.717, 1.165) is 19.3 Å². The summed E-state index contributed by atoms with van der Waals surface area (Å²) < 4.78 is 10.3. The van der Waals surface area contributed by atoms with Crippen molar-refractivity contribution in [1.29, 1.82) is 0 Å². The molecule has 6 rings (SSSR count). The van der Waals surface area contributed by atoms with Crippen molar-refractivity contribution in [2.45, 2.75) is 42.4 Å². The van der Waals surface area contributed by atoms with Gasteiger partial charge in [0, 0.05) is 0 Å². The van der Waals surface area contributed by atoms with Gasteiger partial charge in [0.15, 0.2) is 0 Å². The van der Waals surface area contributed by atoms with Gasteiger partial charge in [-0.25, -0.2) is 0 Å². The average Bonchev–Trinajstić information content (AvgIpc) is 3.50. The average molecular weight is 560 g/mol. The molecule has 0 aliphatic heterocycles. The molecule has 4 aromatic carbocycles. The Bertz CT molecular complexity index is 1600. The summed E-state index contributed by atoms with van der Waals surface area (Å²) in [6.07, 6.45) is 5.86. The van der Waals surface area contributed by atoms with E-state index in [0.29, 0.717) is 0 Å².